The SMILES string of the molecule is O=C(NCc1cccnn1)NC(C(=O)O)c1ccccc1. The Bertz CT molecular complexity index is 604. The Hall–Kier alpha value is -2.96. The lowest BCUT2D eigenvalue weighted by molar-refractivity contribution is -0.139. The molecule has 0 radical (unpaired) electrons. The molecule has 0 saturated carbocycles. The summed E-state index contributed by atoms with van der Waals surface area (Å²) >= 11 is 0. The van der Waals surface area contributed by atoms with Crippen molar-refractivity contribution in [3.8, 4) is 0 Å². The summed E-state index contributed by atoms with van der Waals surface area (Å²) in [5.74, 6) is -1.13. The van der Waals surface area contributed by atoms with Gasteiger partial charge in [-0.2, -0.15) is 10.2 Å². The molecule has 2 amide bonds. The van der Waals surface area contributed by atoms with Crippen molar-refractivity contribution in [3.05, 3.63) is 59.9 Å². The van der Waals surface area contributed by atoms with Gasteiger partial charge in [-0.15, -0.1) is 0 Å². The average Bonchev–Trinajstić information content (AvgIpc) is 2.52. The summed E-state index contributed by atoms with van der Waals surface area (Å²) in [5.41, 5.74) is 1.08. The highest BCUT2D eigenvalue weighted by Gasteiger charge is 2.21. The predicted octanol–water partition coefficient (Wildman–Crippen LogP) is 1.10. The van der Waals surface area contributed by atoms with Gasteiger partial charge in [-0.05, 0) is 17.7 Å². The van der Waals surface area contributed by atoms with Gasteiger partial charge in [-0.3, -0.25) is 0 Å². The number of aliphatic carboxylic acids is 1. The first-order valence-electron chi connectivity index (χ1n) is 6.25. The highest BCUT2D eigenvalue weighted by atomic mass is 16.4. The summed E-state index contributed by atoms with van der Waals surface area (Å²) in [5, 5.41) is 21.6. The van der Waals surface area contributed by atoms with Gasteiger partial charge in [0.15, 0.2) is 6.04 Å². The number of rotatable bonds is 5. The molecule has 1 heterocycles. The zero-order chi connectivity index (χ0) is 15.1. The van der Waals surface area contributed by atoms with Crippen molar-refractivity contribution < 1.29 is 14.7 Å². The lowest BCUT2D eigenvalue weighted by Crippen LogP contribution is -2.40. The molecule has 0 fully saturated rings. The zero-order valence-electron chi connectivity index (χ0n) is 11.1. The Balaban J connectivity index is 1.95. The van der Waals surface area contributed by atoms with Crippen LogP contribution in [0.2, 0.25) is 0 Å². The van der Waals surface area contributed by atoms with Gasteiger partial charge in [-0.25, -0.2) is 9.59 Å². The number of urea groups is 1. The van der Waals surface area contributed by atoms with Crippen LogP contribution >= 0.6 is 0 Å². The fourth-order valence-electron chi connectivity index (χ4n) is 1.71. The maximum Gasteiger partial charge on any atom is 0.330 e. The minimum Gasteiger partial charge on any atom is -0.479 e. The third kappa shape index (κ3) is 4.27. The van der Waals surface area contributed by atoms with Gasteiger partial charge in [0.2, 0.25) is 0 Å². The molecule has 1 aromatic carbocycles. The first kappa shape index (κ1) is 14.4. The number of hydrogen-bond acceptors (Lipinski definition) is 4. The Kier molecular flexibility index (Phi) is 4.81. The molecule has 2 rings (SSSR count). The molecule has 0 spiro atoms. The number of carbonyl (C=O) groups excluding carboxylic acids is 1. The molecule has 21 heavy (non-hydrogen) atoms. The van der Waals surface area contributed by atoms with Crippen LogP contribution in [-0.2, 0) is 11.3 Å². The molecule has 7 heteroatoms. The monoisotopic (exact) mass is 286 g/mol. The molecule has 0 aliphatic carbocycles. The van der Waals surface area contributed by atoms with Crippen LogP contribution in [0, 0.1) is 0 Å². The Labute approximate surface area is 121 Å². The highest BCUT2D eigenvalue weighted by Crippen LogP contribution is 2.12. The highest BCUT2D eigenvalue weighted by molar-refractivity contribution is 5.83. The van der Waals surface area contributed by atoms with Crippen LogP contribution in [0.25, 0.3) is 0 Å². The Morgan fingerprint density at radius 2 is 1.90 bits per heavy atom. The molecule has 1 unspecified atom stereocenters. The summed E-state index contributed by atoms with van der Waals surface area (Å²) in [6, 6.07) is 10.2. The number of carboxylic acids is 1. The fourth-order valence-corrected chi connectivity index (χ4v) is 1.71. The maximum atomic E-state index is 11.8. The van der Waals surface area contributed by atoms with Gasteiger partial charge in [-0.1, -0.05) is 30.3 Å². The second-order valence-electron chi connectivity index (χ2n) is 4.22. The normalized spacial score (nSPS) is 11.4. The van der Waals surface area contributed by atoms with E-state index in [4.69, 9.17) is 0 Å². The third-order valence-corrected chi connectivity index (χ3v) is 2.71. The molecule has 0 aliphatic heterocycles. The minimum absolute atomic E-state index is 0.167. The van der Waals surface area contributed by atoms with E-state index in [1.54, 1.807) is 42.5 Å². The molecule has 3 N–H and O–H groups in total. The van der Waals surface area contributed by atoms with Gasteiger partial charge in [0.25, 0.3) is 0 Å². The molecular weight excluding hydrogens is 272 g/mol. The van der Waals surface area contributed by atoms with Gasteiger partial charge in [0.1, 0.15) is 0 Å². The van der Waals surface area contributed by atoms with E-state index in [-0.39, 0.29) is 6.54 Å². The lowest BCUT2D eigenvalue weighted by atomic mass is 10.1. The van der Waals surface area contributed by atoms with Crippen LogP contribution in [-0.4, -0.2) is 27.3 Å². The van der Waals surface area contributed by atoms with E-state index in [1.807, 2.05) is 0 Å². The van der Waals surface area contributed by atoms with Crippen LogP contribution in [0.15, 0.2) is 48.7 Å². The van der Waals surface area contributed by atoms with E-state index < -0.39 is 18.0 Å². The first-order chi connectivity index (χ1) is 10.2. The molecule has 0 aliphatic rings. The largest absolute Gasteiger partial charge is 0.479 e. The van der Waals surface area contributed by atoms with Gasteiger partial charge < -0.3 is 15.7 Å². The summed E-state index contributed by atoms with van der Waals surface area (Å²) in [7, 11) is 0. The molecule has 108 valence electrons. The van der Waals surface area contributed by atoms with Crippen molar-refractivity contribution in [1.29, 1.82) is 0 Å². The molecule has 7 nitrogen and oxygen atoms in total. The third-order valence-electron chi connectivity index (χ3n) is 2.71. The number of nitrogens with zero attached hydrogens (tertiary/aromatic N) is 2. The van der Waals surface area contributed by atoms with Crippen LogP contribution in [0.4, 0.5) is 4.79 Å². The van der Waals surface area contributed by atoms with E-state index in [0.717, 1.165) is 0 Å². The first-order valence-corrected chi connectivity index (χ1v) is 6.25. The number of carbonyl (C=O) groups is 2. The van der Waals surface area contributed by atoms with Crippen molar-refractivity contribution in [1.82, 2.24) is 20.8 Å². The van der Waals surface area contributed by atoms with E-state index >= 15 is 0 Å². The summed E-state index contributed by atoms with van der Waals surface area (Å²) in [6.07, 6.45) is 1.53. The predicted molar refractivity (Wildman–Crippen MR) is 74.2 cm³/mol. The van der Waals surface area contributed by atoms with Crippen molar-refractivity contribution in [2.24, 2.45) is 0 Å². The van der Waals surface area contributed by atoms with E-state index in [0.29, 0.717) is 11.3 Å². The summed E-state index contributed by atoms with van der Waals surface area (Å²) < 4.78 is 0. The van der Waals surface area contributed by atoms with Crippen molar-refractivity contribution in [2.45, 2.75) is 12.6 Å². The number of nitrogens with one attached hydrogen (secondary N) is 2. The standard InChI is InChI=1S/C14H14N4O3/c19-13(20)12(10-5-2-1-3-6-10)17-14(21)15-9-11-7-4-8-16-18-11/h1-8,12H,9H2,(H,19,20)(H2,15,17,21). The molecule has 1 atom stereocenters. The maximum absolute atomic E-state index is 11.8. The number of carboxylic acid groups (broad SMARTS) is 1. The fraction of sp³-hybridized carbons (Fsp3) is 0.143. The second kappa shape index (κ2) is 6.99. The van der Waals surface area contributed by atoms with E-state index in [1.165, 1.54) is 6.20 Å². The van der Waals surface area contributed by atoms with Crippen LogP contribution in [0.3, 0.4) is 0 Å². The average molecular weight is 286 g/mol. The van der Waals surface area contributed by atoms with Crippen LogP contribution < -0.4 is 10.6 Å². The molecule has 0 saturated heterocycles. The molecule has 1 aromatic heterocycles. The molecule has 0 bridgehead atoms. The Morgan fingerprint density at radius 3 is 2.52 bits per heavy atom. The summed E-state index contributed by atoms with van der Waals surface area (Å²) in [6.45, 7) is 0.167. The van der Waals surface area contributed by atoms with Gasteiger partial charge >= 0.3 is 12.0 Å². The zero-order valence-corrected chi connectivity index (χ0v) is 11.1. The number of amides is 2. The number of aromatic nitrogens is 2. The minimum atomic E-state index is -1.13. The van der Waals surface area contributed by atoms with E-state index in [2.05, 4.69) is 20.8 Å². The molecule has 2 aromatic rings. The van der Waals surface area contributed by atoms with Gasteiger partial charge in [0.05, 0.1) is 12.2 Å². The lowest BCUT2D eigenvalue weighted by Gasteiger charge is -2.15. The Morgan fingerprint density at radius 1 is 1.14 bits per heavy atom. The smallest absolute Gasteiger partial charge is 0.330 e. The topological polar surface area (TPSA) is 104 Å². The quantitative estimate of drug-likeness (QED) is 0.763. The number of hydrogen-bond donors (Lipinski definition) is 3. The number of benzene rings is 1. The van der Waals surface area contributed by atoms with E-state index in [9.17, 15) is 14.7 Å². The summed E-state index contributed by atoms with van der Waals surface area (Å²) in [4.78, 5) is 23.0. The van der Waals surface area contributed by atoms with Gasteiger partial charge in [0, 0.05) is 6.20 Å². The van der Waals surface area contributed by atoms with Crippen molar-refractivity contribution in [3.63, 3.8) is 0 Å². The van der Waals surface area contributed by atoms with Crippen molar-refractivity contribution in [2.75, 3.05) is 0 Å². The van der Waals surface area contributed by atoms with Crippen LogP contribution in [0.5, 0.6) is 0 Å². The van der Waals surface area contributed by atoms with Crippen molar-refractivity contribution >= 4 is 12.0 Å². The second-order valence-corrected chi connectivity index (χ2v) is 4.22. The molecular formula is C14H14N4O3. The van der Waals surface area contributed by atoms with Crippen LogP contribution in [0.1, 0.15) is 17.3 Å².